The molecule has 122 valence electrons. The summed E-state index contributed by atoms with van der Waals surface area (Å²) in [5.74, 6) is 1.06. The summed E-state index contributed by atoms with van der Waals surface area (Å²) in [6.07, 6.45) is 3.44. The second-order valence-corrected chi connectivity index (χ2v) is 7.83. The first-order valence-corrected chi connectivity index (χ1v) is 8.59. The zero-order valence-electron chi connectivity index (χ0n) is 13.8. The molecule has 1 N–H and O–H groups in total. The number of aromatic nitrogens is 2. The van der Waals surface area contributed by atoms with Crippen molar-refractivity contribution in [3.05, 3.63) is 12.4 Å². The first-order chi connectivity index (χ1) is 10.2. The van der Waals surface area contributed by atoms with Crippen molar-refractivity contribution in [3.63, 3.8) is 0 Å². The van der Waals surface area contributed by atoms with Crippen LogP contribution in [0.4, 0.5) is 5.69 Å². The summed E-state index contributed by atoms with van der Waals surface area (Å²) in [7, 11) is 0. The van der Waals surface area contributed by atoms with Gasteiger partial charge in [-0.1, -0.05) is 20.8 Å². The number of nitrogens with one attached hydrogen (secondary N) is 1. The Bertz CT molecular complexity index is 562. The molecule has 22 heavy (non-hydrogen) atoms. The van der Waals surface area contributed by atoms with E-state index in [1.54, 1.807) is 33.7 Å². The van der Waals surface area contributed by atoms with Crippen LogP contribution in [0.15, 0.2) is 12.4 Å². The second-order valence-electron chi connectivity index (χ2n) is 6.83. The molecule has 1 atom stereocenters. The summed E-state index contributed by atoms with van der Waals surface area (Å²) >= 11 is 1.61. The maximum Gasteiger partial charge on any atom is 0.248 e. The largest absolute Gasteiger partial charge is 0.322 e. The molecule has 1 aromatic heterocycles. The van der Waals surface area contributed by atoms with Crippen molar-refractivity contribution in [2.45, 2.75) is 46.7 Å². The van der Waals surface area contributed by atoms with Crippen LogP contribution in [-0.4, -0.2) is 44.2 Å². The average molecular weight is 324 g/mol. The predicted octanol–water partition coefficient (Wildman–Crippen LogP) is 2.35. The highest BCUT2D eigenvalue weighted by atomic mass is 32.2. The molecular weight excluding hydrogens is 300 g/mol. The molecule has 1 fully saturated rings. The van der Waals surface area contributed by atoms with Gasteiger partial charge in [0, 0.05) is 23.4 Å². The summed E-state index contributed by atoms with van der Waals surface area (Å²) in [5, 5.41) is 7.07. The molecule has 0 radical (unpaired) electrons. The van der Waals surface area contributed by atoms with Crippen LogP contribution in [0.2, 0.25) is 0 Å². The van der Waals surface area contributed by atoms with Crippen molar-refractivity contribution in [2.75, 3.05) is 16.9 Å². The van der Waals surface area contributed by atoms with Crippen LogP contribution in [-0.2, 0) is 9.59 Å². The predicted molar refractivity (Wildman–Crippen MR) is 88.7 cm³/mol. The number of nitrogens with zero attached hydrogens (tertiary/aromatic N) is 3. The highest BCUT2D eigenvalue weighted by Gasteiger charge is 2.39. The molecule has 6 nitrogen and oxygen atoms in total. The number of anilines is 1. The van der Waals surface area contributed by atoms with Gasteiger partial charge < -0.3 is 10.2 Å². The van der Waals surface area contributed by atoms with Crippen molar-refractivity contribution < 1.29 is 9.59 Å². The Kier molecular flexibility index (Phi) is 4.84. The third-order valence-corrected chi connectivity index (χ3v) is 4.50. The molecule has 1 unspecified atom stereocenters. The third kappa shape index (κ3) is 3.63. The summed E-state index contributed by atoms with van der Waals surface area (Å²) in [6.45, 7) is 9.67. The molecule has 1 aromatic rings. The fourth-order valence-electron chi connectivity index (χ4n) is 2.20. The molecule has 0 saturated carbocycles. The van der Waals surface area contributed by atoms with Gasteiger partial charge in [-0.25, -0.2) is 0 Å². The second kappa shape index (κ2) is 6.32. The highest BCUT2D eigenvalue weighted by Crippen LogP contribution is 2.28. The van der Waals surface area contributed by atoms with Crippen LogP contribution in [0, 0.1) is 5.41 Å². The Balaban J connectivity index is 2.06. The Morgan fingerprint density at radius 2 is 2.09 bits per heavy atom. The van der Waals surface area contributed by atoms with Gasteiger partial charge in [-0.05, 0) is 13.8 Å². The number of amides is 2. The highest BCUT2D eigenvalue weighted by molar-refractivity contribution is 7.99. The van der Waals surface area contributed by atoms with Gasteiger partial charge >= 0.3 is 0 Å². The van der Waals surface area contributed by atoms with Crippen molar-refractivity contribution >= 4 is 29.3 Å². The fourth-order valence-corrected chi connectivity index (χ4v) is 3.36. The summed E-state index contributed by atoms with van der Waals surface area (Å²) in [5.41, 5.74) is 0.185. The summed E-state index contributed by atoms with van der Waals surface area (Å²) in [4.78, 5) is 26.6. The van der Waals surface area contributed by atoms with Gasteiger partial charge in [0.1, 0.15) is 6.04 Å². The molecule has 1 saturated heterocycles. The van der Waals surface area contributed by atoms with Crippen LogP contribution in [0.3, 0.4) is 0 Å². The smallest absolute Gasteiger partial charge is 0.248 e. The van der Waals surface area contributed by atoms with E-state index < -0.39 is 11.5 Å². The molecule has 0 bridgehead atoms. The van der Waals surface area contributed by atoms with Gasteiger partial charge in [0.05, 0.1) is 17.8 Å². The van der Waals surface area contributed by atoms with Crippen molar-refractivity contribution in [3.8, 4) is 0 Å². The Hall–Kier alpha value is -1.50. The number of hydrogen-bond donors (Lipinski definition) is 1. The monoisotopic (exact) mass is 324 g/mol. The number of carbonyl (C=O) groups excluding carboxylic acids is 2. The van der Waals surface area contributed by atoms with E-state index in [0.29, 0.717) is 17.3 Å². The average Bonchev–Trinajstić information content (AvgIpc) is 3.04. The van der Waals surface area contributed by atoms with E-state index in [4.69, 9.17) is 0 Å². The molecule has 0 spiro atoms. The van der Waals surface area contributed by atoms with Crippen molar-refractivity contribution in [2.24, 2.45) is 5.41 Å². The van der Waals surface area contributed by atoms with Crippen LogP contribution >= 0.6 is 11.8 Å². The minimum absolute atomic E-state index is 0.00975. The van der Waals surface area contributed by atoms with Crippen LogP contribution in [0.1, 0.15) is 40.7 Å². The van der Waals surface area contributed by atoms with Gasteiger partial charge in [0.25, 0.3) is 0 Å². The lowest BCUT2D eigenvalue weighted by molar-refractivity contribution is -0.143. The quantitative estimate of drug-likeness (QED) is 0.927. The van der Waals surface area contributed by atoms with E-state index in [-0.39, 0.29) is 17.9 Å². The number of thioether (sulfide) groups is 1. The minimum Gasteiger partial charge on any atom is -0.322 e. The molecule has 1 aliphatic rings. The summed E-state index contributed by atoms with van der Waals surface area (Å²) < 4.78 is 1.79. The standard InChI is InChI=1S/C15H24N4O2S/c1-10(2)19-7-11(6-16-19)17-13(20)12-8-22-9-18(12)14(21)15(3,4)5/h6-7,10,12H,8-9H2,1-5H3,(H,17,20). The lowest BCUT2D eigenvalue weighted by atomic mass is 9.94. The third-order valence-electron chi connectivity index (χ3n) is 3.49. The SMILES string of the molecule is CC(C)n1cc(NC(=O)C2CSCN2C(=O)C(C)(C)C)cn1. The van der Waals surface area contributed by atoms with E-state index in [9.17, 15) is 9.59 Å². The van der Waals surface area contributed by atoms with Gasteiger partial charge in [-0.3, -0.25) is 14.3 Å². The van der Waals surface area contributed by atoms with Gasteiger partial charge in [0.15, 0.2) is 0 Å². The molecule has 1 aliphatic heterocycles. The maximum absolute atomic E-state index is 12.5. The molecular formula is C15H24N4O2S. The zero-order chi connectivity index (χ0) is 16.5. The first-order valence-electron chi connectivity index (χ1n) is 7.44. The number of rotatable bonds is 3. The number of hydrogen-bond acceptors (Lipinski definition) is 4. The topological polar surface area (TPSA) is 67.2 Å². The summed E-state index contributed by atoms with van der Waals surface area (Å²) in [6, 6.07) is -0.175. The Morgan fingerprint density at radius 3 is 2.64 bits per heavy atom. The normalized spacial score (nSPS) is 18.8. The van der Waals surface area contributed by atoms with Gasteiger partial charge in [0.2, 0.25) is 11.8 Å². The maximum atomic E-state index is 12.5. The Labute approximate surface area is 135 Å². The molecule has 2 amide bonds. The van der Waals surface area contributed by atoms with E-state index >= 15 is 0 Å². The van der Waals surface area contributed by atoms with Crippen molar-refractivity contribution in [1.82, 2.24) is 14.7 Å². The number of carbonyl (C=O) groups is 2. The van der Waals surface area contributed by atoms with E-state index in [1.165, 1.54) is 0 Å². The first kappa shape index (κ1) is 16.9. The van der Waals surface area contributed by atoms with E-state index in [1.807, 2.05) is 34.6 Å². The minimum atomic E-state index is -0.480. The molecule has 0 aromatic carbocycles. The van der Waals surface area contributed by atoms with Crippen LogP contribution in [0.25, 0.3) is 0 Å². The molecule has 0 aliphatic carbocycles. The van der Waals surface area contributed by atoms with Crippen LogP contribution < -0.4 is 5.32 Å². The van der Waals surface area contributed by atoms with Gasteiger partial charge in [-0.2, -0.15) is 5.10 Å². The Morgan fingerprint density at radius 1 is 1.41 bits per heavy atom. The van der Waals surface area contributed by atoms with E-state index in [2.05, 4.69) is 10.4 Å². The fraction of sp³-hybridized carbons (Fsp3) is 0.667. The van der Waals surface area contributed by atoms with Gasteiger partial charge in [-0.15, -0.1) is 11.8 Å². The van der Waals surface area contributed by atoms with Crippen LogP contribution in [0.5, 0.6) is 0 Å². The lowest BCUT2D eigenvalue weighted by Gasteiger charge is -2.29. The molecule has 2 rings (SSSR count). The molecule has 7 heteroatoms. The zero-order valence-corrected chi connectivity index (χ0v) is 14.6. The lowest BCUT2D eigenvalue weighted by Crippen LogP contribution is -2.48. The van der Waals surface area contributed by atoms with Crippen molar-refractivity contribution in [1.29, 1.82) is 0 Å². The van der Waals surface area contributed by atoms with E-state index in [0.717, 1.165) is 0 Å². The molecule has 2 heterocycles.